The predicted octanol–water partition coefficient (Wildman–Crippen LogP) is 4.80. The van der Waals surface area contributed by atoms with Crippen molar-refractivity contribution in [3.05, 3.63) is 0 Å². The van der Waals surface area contributed by atoms with Crippen LogP contribution in [0.4, 0.5) is 0 Å². The molecule has 104 valence electrons. The van der Waals surface area contributed by atoms with Crippen LogP contribution in [-0.2, 0) is 9.47 Å². The largest absolute Gasteiger partial charge is 0.355 e. The second kappa shape index (κ2) is 13.1. The third kappa shape index (κ3) is 14.6. The van der Waals surface area contributed by atoms with Crippen molar-refractivity contribution in [2.24, 2.45) is 5.92 Å². The molecule has 0 saturated heterocycles. The maximum absolute atomic E-state index is 5.45. The summed E-state index contributed by atoms with van der Waals surface area (Å²) in [5.41, 5.74) is 0. The molecular formula is C14H29IO2. The lowest BCUT2D eigenvalue weighted by molar-refractivity contribution is -0.0560. The van der Waals surface area contributed by atoms with E-state index < -0.39 is 0 Å². The van der Waals surface area contributed by atoms with Gasteiger partial charge in [-0.15, -0.1) is 0 Å². The van der Waals surface area contributed by atoms with Crippen LogP contribution in [0, 0.1) is 5.92 Å². The normalized spacial score (nSPS) is 14.8. The maximum Gasteiger partial charge on any atom is 0.146 e. The van der Waals surface area contributed by atoms with Gasteiger partial charge < -0.3 is 9.47 Å². The Bertz CT molecular complexity index is 151. The van der Waals surface area contributed by atoms with Gasteiger partial charge in [-0.05, 0) is 31.6 Å². The van der Waals surface area contributed by atoms with Gasteiger partial charge in [0.2, 0.25) is 0 Å². The Kier molecular flexibility index (Phi) is 13.6. The van der Waals surface area contributed by atoms with E-state index in [1.54, 1.807) is 0 Å². The second-order valence-corrected chi connectivity index (χ2v) is 7.03. The Balaban J connectivity index is 3.07. The smallest absolute Gasteiger partial charge is 0.146 e. The highest BCUT2D eigenvalue weighted by Crippen LogP contribution is 2.17. The molecule has 0 aliphatic heterocycles. The van der Waals surface area contributed by atoms with Crippen LogP contribution in [0.5, 0.6) is 0 Å². The summed E-state index contributed by atoms with van der Waals surface area (Å²) in [5, 5.41) is 0. The SMILES string of the molecule is CCCCCOCOCCCC(C)CC(C)I. The molecule has 0 N–H and O–H groups in total. The van der Waals surface area contributed by atoms with Crippen LogP contribution >= 0.6 is 22.6 Å². The topological polar surface area (TPSA) is 18.5 Å². The summed E-state index contributed by atoms with van der Waals surface area (Å²) >= 11 is 2.50. The molecule has 0 radical (unpaired) electrons. The fraction of sp³-hybridized carbons (Fsp3) is 1.00. The number of halogens is 1. The van der Waals surface area contributed by atoms with Crippen LogP contribution in [0.2, 0.25) is 0 Å². The van der Waals surface area contributed by atoms with Gasteiger partial charge >= 0.3 is 0 Å². The molecule has 0 aliphatic carbocycles. The average Bonchev–Trinajstić information content (AvgIpc) is 2.26. The Hall–Kier alpha value is 0.650. The van der Waals surface area contributed by atoms with Crippen molar-refractivity contribution < 1.29 is 9.47 Å². The van der Waals surface area contributed by atoms with Crippen molar-refractivity contribution in [1.29, 1.82) is 0 Å². The van der Waals surface area contributed by atoms with Gasteiger partial charge in [-0.2, -0.15) is 0 Å². The zero-order chi connectivity index (χ0) is 12.9. The van der Waals surface area contributed by atoms with Gasteiger partial charge in [-0.25, -0.2) is 0 Å². The molecule has 2 unspecified atom stereocenters. The monoisotopic (exact) mass is 356 g/mol. The molecule has 0 fully saturated rings. The minimum Gasteiger partial charge on any atom is -0.355 e. The summed E-state index contributed by atoms with van der Waals surface area (Å²) in [6.45, 7) is 8.97. The third-order valence-corrected chi connectivity index (χ3v) is 3.28. The zero-order valence-electron chi connectivity index (χ0n) is 11.7. The highest BCUT2D eigenvalue weighted by molar-refractivity contribution is 14.1. The van der Waals surface area contributed by atoms with Crippen molar-refractivity contribution in [1.82, 2.24) is 0 Å². The molecule has 0 aliphatic rings. The molecule has 0 aromatic rings. The molecule has 0 saturated carbocycles. The molecule has 0 bridgehead atoms. The van der Waals surface area contributed by atoms with E-state index in [0.29, 0.717) is 6.79 Å². The minimum absolute atomic E-state index is 0.473. The van der Waals surface area contributed by atoms with Gasteiger partial charge in [-0.3, -0.25) is 0 Å². The van der Waals surface area contributed by atoms with Gasteiger partial charge in [0.25, 0.3) is 0 Å². The lowest BCUT2D eigenvalue weighted by atomic mass is 10.0. The van der Waals surface area contributed by atoms with Crippen molar-refractivity contribution in [2.75, 3.05) is 20.0 Å². The number of ether oxygens (including phenoxy) is 2. The first-order valence-corrected chi connectivity index (χ1v) is 8.21. The Morgan fingerprint density at radius 3 is 2.24 bits per heavy atom. The van der Waals surface area contributed by atoms with Crippen LogP contribution < -0.4 is 0 Å². The lowest BCUT2D eigenvalue weighted by Crippen LogP contribution is -2.06. The molecule has 0 aromatic heterocycles. The summed E-state index contributed by atoms with van der Waals surface area (Å²) < 4.78 is 11.6. The van der Waals surface area contributed by atoms with Crippen LogP contribution in [0.1, 0.15) is 59.3 Å². The van der Waals surface area contributed by atoms with Crippen molar-refractivity contribution in [2.45, 2.75) is 63.2 Å². The molecule has 0 spiro atoms. The summed E-state index contributed by atoms with van der Waals surface area (Å²) in [7, 11) is 0. The van der Waals surface area contributed by atoms with E-state index in [-0.39, 0.29) is 0 Å². The van der Waals surface area contributed by atoms with Crippen LogP contribution in [-0.4, -0.2) is 23.9 Å². The maximum atomic E-state index is 5.45. The fourth-order valence-corrected chi connectivity index (χ4v) is 2.71. The number of rotatable bonds is 12. The number of unbranched alkanes of at least 4 members (excludes halogenated alkanes) is 2. The molecule has 0 aromatic carbocycles. The molecule has 0 heterocycles. The van der Waals surface area contributed by atoms with Crippen LogP contribution in [0.25, 0.3) is 0 Å². The standard InChI is InChI=1S/C14H29IO2/c1-4-5-6-9-16-12-17-10-7-8-13(2)11-14(3)15/h13-14H,4-12H2,1-3H3. The highest BCUT2D eigenvalue weighted by Gasteiger charge is 2.05. The average molecular weight is 356 g/mol. The highest BCUT2D eigenvalue weighted by atomic mass is 127. The van der Waals surface area contributed by atoms with E-state index in [1.807, 2.05) is 0 Å². The quantitative estimate of drug-likeness (QED) is 0.217. The lowest BCUT2D eigenvalue weighted by Gasteiger charge is -2.12. The van der Waals surface area contributed by atoms with Crippen LogP contribution in [0.3, 0.4) is 0 Å². The fourth-order valence-electron chi connectivity index (χ4n) is 1.84. The first kappa shape index (κ1) is 17.6. The van der Waals surface area contributed by atoms with Crippen molar-refractivity contribution in [3.8, 4) is 0 Å². The Morgan fingerprint density at radius 2 is 1.65 bits per heavy atom. The minimum atomic E-state index is 0.473. The molecular weight excluding hydrogens is 327 g/mol. The van der Waals surface area contributed by atoms with E-state index in [0.717, 1.165) is 35.9 Å². The molecule has 2 nitrogen and oxygen atoms in total. The zero-order valence-corrected chi connectivity index (χ0v) is 13.9. The Morgan fingerprint density at radius 1 is 1.00 bits per heavy atom. The molecule has 3 heteroatoms. The first-order chi connectivity index (χ1) is 8.16. The van der Waals surface area contributed by atoms with Gasteiger partial charge in [0.15, 0.2) is 0 Å². The van der Waals surface area contributed by atoms with E-state index in [9.17, 15) is 0 Å². The molecule has 17 heavy (non-hydrogen) atoms. The van der Waals surface area contributed by atoms with Crippen molar-refractivity contribution >= 4 is 22.6 Å². The second-order valence-electron chi connectivity index (χ2n) is 4.91. The third-order valence-electron chi connectivity index (χ3n) is 2.77. The summed E-state index contributed by atoms with van der Waals surface area (Å²) in [4.78, 5) is 0. The summed E-state index contributed by atoms with van der Waals surface area (Å²) in [6, 6.07) is 0. The van der Waals surface area contributed by atoms with Gasteiger partial charge in [-0.1, -0.05) is 56.2 Å². The van der Waals surface area contributed by atoms with Gasteiger partial charge in [0.1, 0.15) is 6.79 Å². The van der Waals surface area contributed by atoms with E-state index >= 15 is 0 Å². The number of alkyl halides is 1. The summed E-state index contributed by atoms with van der Waals surface area (Å²) in [6.07, 6.45) is 7.40. The van der Waals surface area contributed by atoms with Gasteiger partial charge in [0, 0.05) is 17.1 Å². The molecule has 0 rings (SSSR count). The Labute approximate surface area is 121 Å². The van der Waals surface area contributed by atoms with Gasteiger partial charge in [0.05, 0.1) is 0 Å². The predicted molar refractivity (Wildman–Crippen MR) is 82.8 cm³/mol. The number of hydrogen-bond acceptors (Lipinski definition) is 2. The van der Waals surface area contributed by atoms with E-state index in [2.05, 4.69) is 43.4 Å². The number of hydrogen-bond donors (Lipinski definition) is 0. The molecule has 0 amide bonds. The van der Waals surface area contributed by atoms with Crippen molar-refractivity contribution in [3.63, 3.8) is 0 Å². The molecule has 2 atom stereocenters. The van der Waals surface area contributed by atoms with E-state index in [4.69, 9.17) is 9.47 Å². The van der Waals surface area contributed by atoms with Crippen LogP contribution in [0.15, 0.2) is 0 Å². The first-order valence-electron chi connectivity index (χ1n) is 6.96. The van der Waals surface area contributed by atoms with E-state index in [1.165, 1.54) is 25.7 Å². The summed E-state index contributed by atoms with van der Waals surface area (Å²) in [5.74, 6) is 0.816.